The normalized spacial score (nSPS) is 27.9. The molecule has 0 saturated carbocycles. The lowest BCUT2D eigenvalue weighted by Gasteiger charge is -2.27. The quantitative estimate of drug-likeness (QED) is 0.864. The Morgan fingerprint density at radius 2 is 1.95 bits per heavy atom. The van der Waals surface area contributed by atoms with Gasteiger partial charge in [-0.25, -0.2) is 0 Å². The first-order valence-corrected chi connectivity index (χ1v) is 7.28. The van der Waals surface area contributed by atoms with Crippen LogP contribution in [0.2, 0.25) is 0 Å². The summed E-state index contributed by atoms with van der Waals surface area (Å²) in [6, 6.07) is 0.0470. The van der Waals surface area contributed by atoms with Gasteiger partial charge >= 0.3 is 6.18 Å². The molecule has 112 valence electrons. The number of hydrogen-bond acceptors (Lipinski definition) is 3. The van der Waals surface area contributed by atoms with Crippen LogP contribution >= 0.6 is 0 Å². The van der Waals surface area contributed by atoms with Gasteiger partial charge in [0.2, 0.25) is 0 Å². The second-order valence-electron chi connectivity index (χ2n) is 5.72. The Morgan fingerprint density at radius 3 is 2.75 bits per heavy atom. The van der Waals surface area contributed by atoms with Crippen molar-refractivity contribution >= 4 is 0 Å². The number of aromatic nitrogens is 3. The topological polar surface area (TPSA) is 42.7 Å². The van der Waals surface area contributed by atoms with Gasteiger partial charge in [0.15, 0.2) is 0 Å². The fraction of sp³-hybridized carbons (Fsp3) is 0.846. The van der Waals surface area contributed by atoms with Gasteiger partial charge in [-0.1, -0.05) is 12.8 Å². The van der Waals surface area contributed by atoms with E-state index in [-0.39, 0.29) is 19.0 Å². The van der Waals surface area contributed by atoms with Crippen molar-refractivity contribution in [3.8, 4) is 0 Å². The van der Waals surface area contributed by atoms with Crippen molar-refractivity contribution in [2.24, 2.45) is 5.92 Å². The molecule has 7 heteroatoms. The molecule has 20 heavy (non-hydrogen) atoms. The molecule has 1 aromatic rings. The van der Waals surface area contributed by atoms with Gasteiger partial charge in [0.05, 0.1) is 12.0 Å². The van der Waals surface area contributed by atoms with Crippen LogP contribution in [0, 0.1) is 5.92 Å². The smallest absolute Gasteiger partial charge is 0.313 e. The van der Waals surface area contributed by atoms with E-state index in [1.807, 2.05) is 0 Å². The van der Waals surface area contributed by atoms with Gasteiger partial charge in [0.25, 0.3) is 0 Å². The zero-order chi connectivity index (χ0) is 14.2. The Kier molecular flexibility index (Phi) is 3.70. The molecular weight excluding hydrogens is 269 g/mol. The first-order chi connectivity index (χ1) is 9.55. The van der Waals surface area contributed by atoms with Crippen molar-refractivity contribution in [3.63, 3.8) is 0 Å². The largest absolute Gasteiger partial charge is 0.393 e. The fourth-order valence-corrected chi connectivity index (χ4v) is 3.12. The Hall–Kier alpha value is -1.11. The molecule has 1 N–H and O–H groups in total. The third-order valence-corrected chi connectivity index (χ3v) is 4.31. The molecule has 1 aromatic heterocycles. The summed E-state index contributed by atoms with van der Waals surface area (Å²) >= 11 is 0. The minimum Gasteiger partial charge on any atom is -0.313 e. The molecule has 0 radical (unpaired) electrons. The van der Waals surface area contributed by atoms with Gasteiger partial charge in [0.1, 0.15) is 11.6 Å². The summed E-state index contributed by atoms with van der Waals surface area (Å²) in [5.74, 6) is 0.123. The number of hydrogen-bond donors (Lipinski definition) is 1. The Labute approximate surface area is 115 Å². The van der Waals surface area contributed by atoms with Gasteiger partial charge in [-0.2, -0.15) is 13.2 Å². The first-order valence-electron chi connectivity index (χ1n) is 7.28. The molecule has 0 bridgehead atoms. The molecule has 4 nitrogen and oxygen atoms in total. The second-order valence-corrected chi connectivity index (χ2v) is 5.72. The predicted octanol–water partition coefficient (Wildman–Crippen LogP) is 2.61. The summed E-state index contributed by atoms with van der Waals surface area (Å²) in [4.78, 5) is 0. The van der Waals surface area contributed by atoms with Crippen molar-refractivity contribution < 1.29 is 13.2 Å². The van der Waals surface area contributed by atoms with Crippen LogP contribution in [0.25, 0.3) is 0 Å². The molecule has 2 atom stereocenters. The van der Waals surface area contributed by atoms with Gasteiger partial charge in [-0.3, -0.25) is 0 Å². The molecule has 1 fully saturated rings. The van der Waals surface area contributed by atoms with Crippen molar-refractivity contribution in [3.05, 3.63) is 11.6 Å². The molecule has 2 aliphatic rings. The van der Waals surface area contributed by atoms with E-state index >= 15 is 0 Å². The summed E-state index contributed by atoms with van der Waals surface area (Å²) in [5, 5.41) is 11.6. The highest BCUT2D eigenvalue weighted by Crippen LogP contribution is 2.35. The average molecular weight is 288 g/mol. The van der Waals surface area contributed by atoms with E-state index < -0.39 is 12.1 Å². The summed E-state index contributed by atoms with van der Waals surface area (Å²) in [6.45, 7) is 0.870. The van der Waals surface area contributed by atoms with Gasteiger partial charge < -0.3 is 9.88 Å². The summed E-state index contributed by atoms with van der Waals surface area (Å²) in [7, 11) is 0. The molecule has 2 unspecified atom stereocenters. The van der Waals surface area contributed by atoms with Crippen molar-refractivity contribution in [1.29, 1.82) is 0 Å². The number of alkyl halides is 3. The number of aryl methyl sites for hydroxylation is 1. The highest BCUT2D eigenvalue weighted by molar-refractivity contribution is 5.05. The maximum absolute atomic E-state index is 12.9. The van der Waals surface area contributed by atoms with E-state index in [4.69, 9.17) is 0 Å². The van der Waals surface area contributed by atoms with Crippen molar-refractivity contribution in [2.45, 2.75) is 57.3 Å². The highest BCUT2D eigenvalue weighted by atomic mass is 19.4. The van der Waals surface area contributed by atoms with E-state index in [1.54, 1.807) is 4.57 Å². The van der Waals surface area contributed by atoms with Crippen LogP contribution in [0.4, 0.5) is 13.2 Å². The van der Waals surface area contributed by atoms with E-state index in [2.05, 4.69) is 15.5 Å². The van der Waals surface area contributed by atoms with E-state index in [0.29, 0.717) is 18.1 Å². The second kappa shape index (κ2) is 5.35. The van der Waals surface area contributed by atoms with Crippen molar-refractivity contribution in [2.75, 3.05) is 6.54 Å². The predicted molar refractivity (Wildman–Crippen MR) is 67.1 cm³/mol. The third kappa shape index (κ3) is 2.68. The van der Waals surface area contributed by atoms with Crippen LogP contribution in [-0.2, 0) is 13.0 Å². The molecule has 3 rings (SSSR count). The monoisotopic (exact) mass is 288 g/mol. The van der Waals surface area contributed by atoms with Crippen LogP contribution in [0.15, 0.2) is 0 Å². The summed E-state index contributed by atoms with van der Waals surface area (Å²) in [6.07, 6.45) is 0.648. The SMILES string of the molecule is FC(F)(F)C1CCc2nnc(C3CCCCCN3)n2C1. The number of nitrogens with zero attached hydrogens (tertiary/aromatic N) is 3. The average Bonchev–Trinajstić information content (AvgIpc) is 2.64. The number of halogens is 3. The zero-order valence-electron chi connectivity index (χ0n) is 11.3. The zero-order valence-corrected chi connectivity index (χ0v) is 11.3. The maximum atomic E-state index is 12.9. The molecule has 3 heterocycles. The third-order valence-electron chi connectivity index (χ3n) is 4.31. The molecular formula is C13H19F3N4. The van der Waals surface area contributed by atoms with Crippen molar-refractivity contribution in [1.82, 2.24) is 20.1 Å². The molecule has 0 amide bonds. The number of nitrogens with one attached hydrogen (secondary N) is 1. The van der Waals surface area contributed by atoms with Crippen LogP contribution in [0.3, 0.4) is 0 Å². The lowest BCUT2D eigenvalue weighted by molar-refractivity contribution is -0.182. The minimum atomic E-state index is -4.13. The molecule has 0 aromatic carbocycles. The Balaban J connectivity index is 1.83. The van der Waals surface area contributed by atoms with Crippen LogP contribution in [0.1, 0.15) is 49.8 Å². The first kappa shape index (κ1) is 13.9. The summed E-state index contributed by atoms with van der Waals surface area (Å²) < 4.78 is 40.4. The lowest BCUT2D eigenvalue weighted by Crippen LogP contribution is -2.34. The molecule has 1 saturated heterocycles. The minimum absolute atomic E-state index is 0.0284. The van der Waals surface area contributed by atoms with E-state index in [1.165, 1.54) is 0 Å². The lowest BCUT2D eigenvalue weighted by atomic mass is 9.98. The maximum Gasteiger partial charge on any atom is 0.393 e. The van der Waals surface area contributed by atoms with Crippen LogP contribution in [-0.4, -0.2) is 27.5 Å². The Bertz CT molecular complexity index is 461. The molecule has 0 spiro atoms. The number of rotatable bonds is 1. The molecule has 2 aliphatic heterocycles. The van der Waals surface area contributed by atoms with Gasteiger partial charge in [-0.15, -0.1) is 10.2 Å². The van der Waals surface area contributed by atoms with E-state index in [9.17, 15) is 13.2 Å². The van der Waals surface area contributed by atoms with Gasteiger partial charge in [0, 0.05) is 13.0 Å². The molecule has 0 aliphatic carbocycles. The van der Waals surface area contributed by atoms with Crippen LogP contribution in [0.5, 0.6) is 0 Å². The fourth-order valence-electron chi connectivity index (χ4n) is 3.12. The van der Waals surface area contributed by atoms with Crippen LogP contribution < -0.4 is 5.32 Å². The Morgan fingerprint density at radius 1 is 1.10 bits per heavy atom. The summed E-state index contributed by atoms with van der Waals surface area (Å²) in [5.41, 5.74) is 0. The highest BCUT2D eigenvalue weighted by Gasteiger charge is 2.42. The number of fused-ring (bicyclic) bond motifs is 1. The van der Waals surface area contributed by atoms with E-state index in [0.717, 1.165) is 32.2 Å². The standard InChI is InChI=1S/C13H19F3N4/c14-13(15,16)9-5-6-11-18-19-12(20(11)8-9)10-4-2-1-3-7-17-10/h9-10,17H,1-8H2. The van der Waals surface area contributed by atoms with Gasteiger partial charge in [-0.05, 0) is 25.8 Å².